The maximum Gasteiger partial charge on any atom is 0.261 e. The number of guanidine groups is 1. The third kappa shape index (κ3) is 6.40. The summed E-state index contributed by atoms with van der Waals surface area (Å²) in [6.45, 7) is 5.54. The maximum atomic E-state index is 12.3. The number of hydrogen-bond acceptors (Lipinski definition) is 4. The molecule has 0 radical (unpaired) electrons. The number of piperidine rings is 1. The third-order valence-corrected chi connectivity index (χ3v) is 5.37. The number of nitrogens with one attached hydrogen (secondary N) is 2. The van der Waals surface area contributed by atoms with Gasteiger partial charge in [-0.3, -0.25) is 19.5 Å². The van der Waals surface area contributed by atoms with E-state index in [4.69, 9.17) is 0 Å². The molecule has 1 aromatic carbocycles. The van der Waals surface area contributed by atoms with Crippen molar-refractivity contribution in [3.05, 3.63) is 35.4 Å². The highest BCUT2D eigenvalue weighted by Crippen LogP contribution is 2.22. The minimum absolute atomic E-state index is 0. The summed E-state index contributed by atoms with van der Waals surface area (Å²) in [5.41, 5.74) is 1.04. The van der Waals surface area contributed by atoms with Crippen LogP contribution in [0.1, 0.15) is 52.8 Å². The number of carbonyl (C=O) groups is 2. The van der Waals surface area contributed by atoms with E-state index in [1.165, 1.54) is 37.3 Å². The van der Waals surface area contributed by atoms with E-state index < -0.39 is 0 Å². The lowest BCUT2D eigenvalue weighted by molar-refractivity contribution is 0.0652. The van der Waals surface area contributed by atoms with Gasteiger partial charge in [0, 0.05) is 33.2 Å². The molecule has 2 aliphatic rings. The molecule has 0 spiro atoms. The van der Waals surface area contributed by atoms with Crippen LogP contribution >= 0.6 is 24.0 Å². The number of carbonyl (C=O) groups excluding carboxylic acids is 2. The van der Waals surface area contributed by atoms with Crippen LogP contribution in [-0.2, 0) is 0 Å². The topological polar surface area (TPSA) is 77.0 Å². The lowest BCUT2D eigenvalue weighted by Crippen LogP contribution is -2.43. The van der Waals surface area contributed by atoms with Crippen molar-refractivity contribution < 1.29 is 9.59 Å². The number of imide groups is 1. The van der Waals surface area contributed by atoms with E-state index in [0.717, 1.165) is 38.4 Å². The van der Waals surface area contributed by atoms with Crippen LogP contribution in [0.4, 0.5) is 0 Å². The Morgan fingerprint density at radius 1 is 0.931 bits per heavy atom. The Bertz CT molecular complexity index is 684. The van der Waals surface area contributed by atoms with Crippen molar-refractivity contribution in [3.8, 4) is 0 Å². The number of unbranched alkanes of at least 4 members (excludes halogenated alkanes) is 1. The summed E-state index contributed by atoms with van der Waals surface area (Å²) in [5, 5.41) is 6.66. The number of nitrogens with zero attached hydrogens (tertiary/aromatic N) is 3. The monoisotopic (exact) mass is 513 g/mol. The van der Waals surface area contributed by atoms with Gasteiger partial charge in [-0.2, -0.15) is 0 Å². The number of halogens is 1. The number of amides is 2. The van der Waals surface area contributed by atoms with Crippen LogP contribution in [-0.4, -0.2) is 73.9 Å². The number of likely N-dealkylation sites (tertiary alicyclic amines) is 1. The lowest BCUT2D eigenvalue weighted by Gasteiger charge is -2.26. The van der Waals surface area contributed by atoms with Crippen LogP contribution in [0.25, 0.3) is 0 Å². The molecule has 0 saturated carbocycles. The van der Waals surface area contributed by atoms with Gasteiger partial charge in [0.25, 0.3) is 11.8 Å². The zero-order chi connectivity index (χ0) is 19.8. The zero-order valence-corrected chi connectivity index (χ0v) is 19.5. The van der Waals surface area contributed by atoms with Crippen molar-refractivity contribution >= 4 is 41.8 Å². The van der Waals surface area contributed by atoms with Gasteiger partial charge in [0.1, 0.15) is 0 Å². The molecule has 7 nitrogen and oxygen atoms in total. The van der Waals surface area contributed by atoms with Gasteiger partial charge in [0.15, 0.2) is 5.96 Å². The average Bonchev–Trinajstić information content (AvgIpc) is 2.98. The zero-order valence-electron chi connectivity index (χ0n) is 17.2. The number of rotatable bonds is 8. The molecule has 0 aromatic heterocycles. The number of aliphatic imine (C=N–C) groups is 1. The summed E-state index contributed by atoms with van der Waals surface area (Å²) in [5.74, 6) is 0.449. The van der Waals surface area contributed by atoms with Crippen molar-refractivity contribution in [2.75, 3.05) is 46.3 Å². The molecule has 3 rings (SSSR count). The first-order valence-corrected chi connectivity index (χ1v) is 10.3. The summed E-state index contributed by atoms with van der Waals surface area (Å²) in [7, 11) is 1.77. The van der Waals surface area contributed by atoms with Crippen molar-refractivity contribution in [3.63, 3.8) is 0 Å². The van der Waals surface area contributed by atoms with Gasteiger partial charge >= 0.3 is 0 Å². The van der Waals surface area contributed by atoms with Gasteiger partial charge in [-0.05, 0) is 50.9 Å². The van der Waals surface area contributed by atoms with Crippen LogP contribution in [0.15, 0.2) is 29.3 Å². The molecule has 0 aliphatic carbocycles. The predicted octanol–water partition coefficient (Wildman–Crippen LogP) is 2.33. The Labute approximate surface area is 190 Å². The molecule has 0 bridgehead atoms. The van der Waals surface area contributed by atoms with E-state index >= 15 is 0 Å². The van der Waals surface area contributed by atoms with Crippen molar-refractivity contribution in [1.82, 2.24) is 20.4 Å². The largest absolute Gasteiger partial charge is 0.356 e. The van der Waals surface area contributed by atoms with Crippen molar-refractivity contribution in [1.29, 1.82) is 0 Å². The van der Waals surface area contributed by atoms with Gasteiger partial charge < -0.3 is 15.5 Å². The molecule has 1 fully saturated rings. The third-order valence-electron chi connectivity index (χ3n) is 5.37. The molecular weight excluding hydrogens is 481 g/mol. The molecule has 8 heteroatoms. The Hall–Kier alpha value is -1.68. The van der Waals surface area contributed by atoms with E-state index in [1.807, 2.05) is 0 Å². The molecule has 29 heavy (non-hydrogen) atoms. The Balaban J connectivity index is 0.00000300. The van der Waals surface area contributed by atoms with Crippen LogP contribution in [0, 0.1) is 0 Å². The fourth-order valence-corrected chi connectivity index (χ4v) is 3.78. The van der Waals surface area contributed by atoms with E-state index in [0.29, 0.717) is 17.7 Å². The van der Waals surface area contributed by atoms with Crippen molar-refractivity contribution in [2.24, 2.45) is 4.99 Å². The molecule has 2 aliphatic heterocycles. The highest BCUT2D eigenvalue weighted by Gasteiger charge is 2.34. The number of fused-ring (bicyclic) bond motifs is 1. The highest BCUT2D eigenvalue weighted by molar-refractivity contribution is 14.0. The molecule has 2 heterocycles. The maximum absolute atomic E-state index is 12.3. The quantitative estimate of drug-likeness (QED) is 0.184. The first-order chi connectivity index (χ1) is 13.7. The van der Waals surface area contributed by atoms with Gasteiger partial charge in [-0.15, -0.1) is 24.0 Å². The highest BCUT2D eigenvalue weighted by atomic mass is 127. The van der Waals surface area contributed by atoms with Crippen LogP contribution in [0.2, 0.25) is 0 Å². The average molecular weight is 513 g/mol. The predicted molar refractivity (Wildman–Crippen MR) is 126 cm³/mol. The van der Waals surface area contributed by atoms with E-state index in [-0.39, 0.29) is 35.8 Å². The minimum atomic E-state index is -0.177. The van der Waals surface area contributed by atoms with Gasteiger partial charge in [-0.25, -0.2) is 0 Å². The summed E-state index contributed by atoms with van der Waals surface area (Å²) in [6.07, 6.45) is 5.59. The number of hydrogen-bond donors (Lipinski definition) is 2. The molecule has 0 unspecified atom stereocenters. The van der Waals surface area contributed by atoms with E-state index in [2.05, 4.69) is 20.5 Å². The SMILES string of the molecule is CN=C(NCCCCN1C(=O)c2ccccc2C1=O)NCCN1CCCCC1.I. The minimum Gasteiger partial charge on any atom is -0.356 e. The first kappa shape index (κ1) is 23.6. The molecule has 0 atom stereocenters. The van der Waals surface area contributed by atoms with Crippen LogP contribution in [0.3, 0.4) is 0 Å². The summed E-state index contributed by atoms with van der Waals surface area (Å²) in [6, 6.07) is 7.02. The van der Waals surface area contributed by atoms with E-state index in [9.17, 15) is 9.59 Å². The molecular formula is C21H32IN5O2. The molecule has 160 valence electrons. The van der Waals surface area contributed by atoms with Gasteiger partial charge in [0.05, 0.1) is 11.1 Å². The smallest absolute Gasteiger partial charge is 0.261 e. The first-order valence-electron chi connectivity index (χ1n) is 10.3. The molecule has 1 aromatic rings. The number of benzene rings is 1. The molecule has 1 saturated heterocycles. The standard InChI is InChI=1S/C21H31N5O2.HI/c1-22-21(24-12-16-25-13-6-2-7-14-25)23-11-5-8-15-26-19(27)17-9-3-4-10-18(17)20(26)28;/h3-4,9-10H,2,5-8,11-16H2,1H3,(H2,22,23,24);1H. The summed E-state index contributed by atoms with van der Waals surface area (Å²) < 4.78 is 0. The van der Waals surface area contributed by atoms with Crippen molar-refractivity contribution in [2.45, 2.75) is 32.1 Å². The second-order valence-corrected chi connectivity index (χ2v) is 7.34. The molecule has 2 amide bonds. The second kappa shape index (κ2) is 12.1. The van der Waals surface area contributed by atoms with Crippen LogP contribution < -0.4 is 10.6 Å². The molecule has 2 N–H and O–H groups in total. The Kier molecular flexibility index (Phi) is 9.86. The fourth-order valence-electron chi connectivity index (χ4n) is 3.78. The van der Waals surface area contributed by atoms with Gasteiger partial charge in [-0.1, -0.05) is 18.6 Å². The Morgan fingerprint density at radius 2 is 1.55 bits per heavy atom. The van der Waals surface area contributed by atoms with E-state index in [1.54, 1.807) is 31.3 Å². The Morgan fingerprint density at radius 3 is 2.17 bits per heavy atom. The normalized spacial score (nSPS) is 17.1. The van der Waals surface area contributed by atoms with Gasteiger partial charge in [0.2, 0.25) is 0 Å². The van der Waals surface area contributed by atoms with Crippen LogP contribution in [0.5, 0.6) is 0 Å². The summed E-state index contributed by atoms with van der Waals surface area (Å²) in [4.78, 5) is 32.8. The second-order valence-electron chi connectivity index (χ2n) is 7.34. The lowest BCUT2D eigenvalue weighted by atomic mass is 10.1. The summed E-state index contributed by atoms with van der Waals surface area (Å²) >= 11 is 0. The fraction of sp³-hybridized carbons (Fsp3) is 0.571.